The Kier molecular flexibility index (Phi) is 4.75. The van der Waals surface area contributed by atoms with Crippen molar-refractivity contribution in [3.8, 4) is 11.5 Å². The first-order chi connectivity index (χ1) is 13.1. The lowest BCUT2D eigenvalue weighted by atomic mass is 10.1. The summed E-state index contributed by atoms with van der Waals surface area (Å²) in [5, 5.41) is 2.80. The van der Waals surface area contributed by atoms with Crippen molar-refractivity contribution in [2.75, 3.05) is 6.54 Å². The summed E-state index contributed by atoms with van der Waals surface area (Å²) in [5.74, 6) is -0.399. The van der Waals surface area contributed by atoms with Crippen molar-refractivity contribution in [2.45, 2.75) is 31.8 Å². The lowest BCUT2D eigenvalue weighted by Crippen LogP contribution is -2.33. The molecule has 1 saturated carbocycles. The molecule has 2 amide bonds. The molecule has 7 heteroatoms. The number of likely N-dealkylation sites (tertiary alicyclic amines) is 1. The van der Waals surface area contributed by atoms with Crippen molar-refractivity contribution in [1.82, 2.24) is 15.2 Å². The minimum Gasteiger partial charge on any atom is -0.453 e. The van der Waals surface area contributed by atoms with E-state index < -0.39 is 5.82 Å². The van der Waals surface area contributed by atoms with E-state index in [1.807, 2.05) is 4.90 Å². The number of halogens is 1. The summed E-state index contributed by atoms with van der Waals surface area (Å²) in [4.78, 5) is 30.0. The van der Waals surface area contributed by atoms with Crippen LogP contribution in [0.2, 0.25) is 0 Å². The second-order valence-corrected chi connectivity index (χ2v) is 6.95. The number of nitrogens with zero attached hydrogens (tertiary/aromatic N) is 2. The topological polar surface area (TPSA) is 71.5 Å². The molecule has 1 aliphatic heterocycles. The number of pyridine rings is 1. The molecule has 27 heavy (non-hydrogen) atoms. The van der Waals surface area contributed by atoms with Crippen LogP contribution in [0, 0.1) is 11.7 Å². The number of benzene rings is 1. The number of carbonyl (C=O) groups excluding carboxylic acids is 2. The van der Waals surface area contributed by atoms with Gasteiger partial charge in [-0.05, 0) is 42.7 Å². The van der Waals surface area contributed by atoms with Crippen molar-refractivity contribution in [1.29, 1.82) is 0 Å². The highest BCUT2D eigenvalue weighted by Crippen LogP contribution is 2.32. The molecule has 2 aromatic rings. The van der Waals surface area contributed by atoms with Gasteiger partial charge in [-0.3, -0.25) is 14.6 Å². The van der Waals surface area contributed by atoms with Gasteiger partial charge in [-0.15, -0.1) is 0 Å². The molecule has 1 aliphatic carbocycles. The van der Waals surface area contributed by atoms with Gasteiger partial charge in [0.2, 0.25) is 11.8 Å². The van der Waals surface area contributed by atoms with Gasteiger partial charge >= 0.3 is 0 Å². The number of amides is 2. The standard InChI is InChI=1S/C20H20FN3O3/c21-17-8-13(3-6-18(17)27-16-2-1-7-22-11-16)10-23-20(26)14-9-19(25)24(12-14)15-4-5-15/h1-3,6-8,11,14-15H,4-5,9-10,12H2,(H,23,26). The van der Waals surface area contributed by atoms with Crippen molar-refractivity contribution in [3.05, 3.63) is 54.1 Å². The van der Waals surface area contributed by atoms with Crippen molar-refractivity contribution >= 4 is 11.8 Å². The summed E-state index contributed by atoms with van der Waals surface area (Å²) in [5.41, 5.74) is 0.628. The highest BCUT2D eigenvalue weighted by Gasteiger charge is 2.41. The van der Waals surface area contributed by atoms with Crippen LogP contribution in [0.1, 0.15) is 24.8 Å². The third-order valence-electron chi connectivity index (χ3n) is 4.84. The third-order valence-corrected chi connectivity index (χ3v) is 4.84. The predicted molar refractivity (Wildman–Crippen MR) is 95.4 cm³/mol. The highest BCUT2D eigenvalue weighted by atomic mass is 19.1. The quantitative estimate of drug-likeness (QED) is 0.850. The normalized spacial score (nSPS) is 19.2. The second-order valence-electron chi connectivity index (χ2n) is 6.95. The zero-order chi connectivity index (χ0) is 18.8. The van der Waals surface area contributed by atoms with Crippen molar-refractivity contribution < 1.29 is 18.7 Å². The van der Waals surface area contributed by atoms with Gasteiger partial charge in [0.25, 0.3) is 0 Å². The maximum atomic E-state index is 14.2. The number of ether oxygens (including phenoxy) is 1. The molecular formula is C20H20FN3O3. The highest BCUT2D eigenvalue weighted by molar-refractivity contribution is 5.89. The van der Waals surface area contributed by atoms with E-state index in [-0.39, 0.29) is 36.4 Å². The smallest absolute Gasteiger partial charge is 0.225 e. The van der Waals surface area contributed by atoms with Crippen LogP contribution < -0.4 is 10.1 Å². The van der Waals surface area contributed by atoms with Gasteiger partial charge in [-0.1, -0.05) is 6.07 Å². The van der Waals surface area contributed by atoms with E-state index in [0.717, 1.165) is 12.8 Å². The first-order valence-corrected chi connectivity index (χ1v) is 9.03. The molecule has 1 saturated heterocycles. The van der Waals surface area contributed by atoms with Crippen LogP contribution in [0.4, 0.5) is 4.39 Å². The lowest BCUT2D eigenvalue weighted by Gasteiger charge is -2.15. The molecule has 0 radical (unpaired) electrons. The van der Waals surface area contributed by atoms with Crippen LogP contribution in [-0.4, -0.2) is 34.3 Å². The van der Waals surface area contributed by atoms with Gasteiger partial charge in [-0.25, -0.2) is 4.39 Å². The molecule has 0 spiro atoms. The van der Waals surface area contributed by atoms with Gasteiger partial charge in [-0.2, -0.15) is 0 Å². The number of hydrogen-bond donors (Lipinski definition) is 1. The lowest BCUT2D eigenvalue weighted by molar-refractivity contribution is -0.129. The Labute approximate surface area is 156 Å². The number of aromatic nitrogens is 1. The summed E-state index contributed by atoms with van der Waals surface area (Å²) in [6.07, 6.45) is 5.44. The first kappa shape index (κ1) is 17.5. The van der Waals surface area contributed by atoms with Crippen LogP contribution >= 0.6 is 0 Å². The number of nitrogens with one attached hydrogen (secondary N) is 1. The molecule has 2 aliphatic rings. The number of rotatable bonds is 6. The minimum atomic E-state index is -0.512. The average Bonchev–Trinajstić information content (AvgIpc) is 3.44. The molecule has 2 fully saturated rings. The average molecular weight is 369 g/mol. The maximum Gasteiger partial charge on any atom is 0.225 e. The third kappa shape index (κ3) is 4.07. The minimum absolute atomic E-state index is 0.0561. The monoisotopic (exact) mass is 369 g/mol. The van der Waals surface area contributed by atoms with E-state index in [1.165, 1.54) is 18.3 Å². The van der Waals surface area contributed by atoms with Crippen molar-refractivity contribution in [2.24, 2.45) is 5.92 Å². The van der Waals surface area contributed by atoms with Gasteiger partial charge < -0.3 is 15.0 Å². The summed E-state index contributed by atoms with van der Waals surface area (Å²) in [6.45, 7) is 0.693. The Morgan fingerprint density at radius 2 is 2.19 bits per heavy atom. The molecule has 1 aromatic heterocycles. The molecule has 6 nitrogen and oxygen atoms in total. The number of carbonyl (C=O) groups is 2. The van der Waals surface area contributed by atoms with E-state index in [2.05, 4.69) is 10.3 Å². The second kappa shape index (κ2) is 7.34. The largest absolute Gasteiger partial charge is 0.453 e. The predicted octanol–water partition coefficient (Wildman–Crippen LogP) is 2.64. The Bertz CT molecular complexity index is 855. The van der Waals surface area contributed by atoms with Gasteiger partial charge in [0.1, 0.15) is 5.75 Å². The molecule has 1 unspecified atom stereocenters. The molecule has 1 atom stereocenters. The molecular weight excluding hydrogens is 349 g/mol. The summed E-state index contributed by atoms with van der Waals surface area (Å²) < 4.78 is 19.7. The van der Waals surface area contributed by atoms with Crippen LogP contribution in [0.15, 0.2) is 42.7 Å². The molecule has 2 heterocycles. The van der Waals surface area contributed by atoms with Crippen LogP contribution in [0.5, 0.6) is 11.5 Å². The molecule has 140 valence electrons. The zero-order valence-electron chi connectivity index (χ0n) is 14.7. The van der Waals surface area contributed by atoms with E-state index in [0.29, 0.717) is 23.9 Å². The van der Waals surface area contributed by atoms with E-state index in [1.54, 1.807) is 24.4 Å². The fourth-order valence-electron chi connectivity index (χ4n) is 3.25. The molecule has 0 bridgehead atoms. The van der Waals surface area contributed by atoms with E-state index >= 15 is 0 Å². The summed E-state index contributed by atoms with van der Waals surface area (Å²) in [7, 11) is 0. The van der Waals surface area contributed by atoms with Crippen LogP contribution in [-0.2, 0) is 16.1 Å². The van der Waals surface area contributed by atoms with E-state index in [9.17, 15) is 14.0 Å². The molecule has 1 aromatic carbocycles. The Balaban J connectivity index is 1.32. The fourth-order valence-corrected chi connectivity index (χ4v) is 3.25. The van der Waals surface area contributed by atoms with Crippen molar-refractivity contribution in [3.63, 3.8) is 0 Å². The first-order valence-electron chi connectivity index (χ1n) is 9.03. The SMILES string of the molecule is O=C(NCc1ccc(Oc2cccnc2)c(F)c1)C1CC(=O)N(C2CC2)C1. The van der Waals surface area contributed by atoms with E-state index in [4.69, 9.17) is 4.74 Å². The maximum absolute atomic E-state index is 14.2. The van der Waals surface area contributed by atoms with Crippen LogP contribution in [0.3, 0.4) is 0 Å². The molecule has 4 rings (SSSR count). The van der Waals surface area contributed by atoms with Gasteiger partial charge in [0.05, 0.1) is 12.1 Å². The fraction of sp³-hybridized carbons (Fsp3) is 0.350. The van der Waals surface area contributed by atoms with Gasteiger partial charge in [0, 0.05) is 31.7 Å². The Morgan fingerprint density at radius 3 is 2.89 bits per heavy atom. The van der Waals surface area contributed by atoms with Gasteiger partial charge in [0.15, 0.2) is 11.6 Å². The zero-order valence-corrected chi connectivity index (χ0v) is 14.7. The van der Waals surface area contributed by atoms with Crippen LogP contribution in [0.25, 0.3) is 0 Å². The summed E-state index contributed by atoms with van der Waals surface area (Å²) in [6, 6.07) is 8.28. The summed E-state index contributed by atoms with van der Waals surface area (Å²) >= 11 is 0. The Hall–Kier alpha value is -2.96. The molecule has 1 N–H and O–H groups in total. The number of hydrogen-bond acceptors (Lipinski definition) is 4. The Morgan fingerprint density at radius 1 is 1.33 bits per heavy atom.